The Kier molecular flexibility index (Phi) is 6.03. The molecule has 150 valence electrons. The van der Waals surface area contributed by atoms with Crippen LogP contribution in [0.15, 0.2) is 71.6 Å². The predicted molar refractivity (Wildman–Crippen MR) is 117 cm³/mol. The van der Waals surface area contributed by atoms with Crippen molar-refractivity contribution in [1.82, 2.24) is 0 Å². The molecule has 0 aliphatic heterocycles. The van der Waals surface area contributed by atoms with Crippen LogP contribution < -0.4 is 10.0 Å². The Morgan fingerprint density at radius 3 is 2.21 bits per heavy atom. The first-order valence-corrected chi connectivity index (χ1v) is 10.8. The molecule has 29 heavy (non-hydrogen) atoms. The molecule has 3 aromatic carbocycles. The number of rotatable bonds is 6. The van der Waals surface area contributed by atoms with Gasteiger partial charge in [-0.25, -0.2) is 8.42 Å². The third kappa shape index (κ3) is 5.45. The van der Waals surface area contributed by atoms with E-state index in [2.05, 4.69) is 10.0 Å². The maximum atomic E-state index is 12.5. The summed E-state index contributed by atoms with van der Waals surface area (Å²) < 4.78 is 27.7. The van der Waals surface area contributed by atoms with E-state index in [9.17, 15) is 13.2 Å². The molecule has 0 unspecified atom stereocenters. The van der Waals surface area contributed by atoms with Gasteiger partial charge in [0.2, 0.25) is 5.91 Å². The van der Waals surface area contributed by atoms with E-state index in [1.807, 2.05) is 45.0 Å². The van der Waals surface area contributed by atoms with Gasteiger partial charge in [-0.1, -0.05) is 30.3 Å². The smallest absolute Gasteiger partial charge is 0.261 e. The summed E-state index contributed by atoms with van der Waals surface area (Å²) in [5, 5.41) is 2.81. The highest BCUT2D eigenvalue weighted by molar-refractivity contribution is 7.92. The maximum absolute atomic E-state index is 12.5. The summed E-state index contributed by atoms with van der Waals surface area (Å²) in [4.78, 5) is 12.4. The van der Waals surface area contributed by atoms with Crippen LogP contribution in [0.2, 0.25) is 0 Å². The second-order valence-corrected chi connectivity index (χ2v) is 8.83. The van der Waals surface area contributed by atoms with Crippen molar-refractivity contribution in [3.8, 4) is 0 Å². The van der Waals surface area contributed by atoms with Crippen molar-refractivity contribution >= 4 is 27.3 Å². The second-order valence-electron chi connectivity index (χ2n) is 7.14. The van der Waals surface area contributed by atoms with Crippen LogP contribution in [-0.4, -0.2) is 14.3 Å². The number of carbonyl (C=O) groups is 1. The van der Waals surface area contributed by atoms with Gasteiger partial charge in [0.05, 0.1) is 11.3 Å². The monoisotopic (exact) mass is 408 g/mol. The Bertz CT molecular complexity index is 1140. The average molecular weight is 409 g/mol. The average Bonchev–Trinajstić information content (AvgIpc) is 2.65. The molecule has 6 heteroatoms. The highest BCUT2D eigenvalue weighted by Crippen LogP contribution is 2.19. The van der Waals surface area contributed by atoms with Gasteiger partial charge in [0.25, 0.3) is 10.0 Å². The molecule has 0 fully saturated rings. The zero-order valence-corrected chi connectivity index (χ0v) is 17.5. The molecule has 0 aromatic heterocycles. The normalized spacial score (nSPS) is 11.1. The lowest BCUT2D eigenvalue weighted by atomic mass is 10.0. The molecule has 0 radical (unpaired) electrons. The van der Waals surface area contributed by atoms with Crippen LogP contribution in [-0.2, 0) is 21.2 Å². The molecule has 3 aromatic rings. The van der Waals surface area contributed by atoms with Gasteiger partial charge in [-0.2, -0.15) is 0 Å². The Morgan fingerprint density at radius 2 is 1.55 bits per heavy atom. The van der Waals surface area contributed by atoms with Crippen molar-refractivity contribution in [2.45, 2.75) is 32.1 Å². The van der Waals surface area contributed by atoms with Crippen LogP contribution in [0.25, 0.3) is 0 Å². The van der Waals surface area contributed by atoms with Crippen LogP contribution in [0.5, 0.6) is 0 Å². The van der Waals surface area contributed by atoms with Gasteiger partial charge < -0.3 is 5.32 Å². The van der Waals surface area contributed by atoms with Crippen molar-refractivity contribution < 1.29 is 13.2 Å². The SMILES string of the molecule is Cc1cccc(NS(=O)(=O)c2ccc(NC(=O)Cc3ccc(C)c(C)c3)cc2)c1. The summed E-state index contributed by atoms with van der Waals surface area (Å²) in [6.07, 6.45) is 0.260. The number of carbonyl (C=O) groups excluding carboxylic acids is 1. The van der Waals surface area contributed by atoms with E-state index < -0.39 is 10.0 Å². The summed E-state index contributed by atoms with van der Waals surface area (Å²) in [5.41, 5.74) is 5.29. The van der Waals surface area contributed by atoms with Crippen LogP contribution in [0.1, 0.15) is 22.3 Å². The Morgan fingerprint density at radius 1 is 0.828 bits per heavy atom. The van der Waals surface area contributed by atoms with Crippen molar-refractivity contribution in [3.63, 3.8) is 0 Å². The molecule has 0 bridgehead atoms. The van der Waals surface area contributed by atoms with Gasteiger partial charge in [-0.05, 0) is 79.4 Å². The molecule has 1 amide bonds. The first-order chi connectivity index (χ1) is 13.7. The second kappa shape index (κ2) is 8.49. The molecule has 0 aliphatic carbocycles. The molecule has 0 atom stereocenters. The third-order valence-corrected chi connectivity index (χ3v) is 6.05. The number of amides is 1. The number of aryl methyl sites for hydroxylation is 3. The van der Waals surface area contributed by atoms with Gasteiger partial charge in [-0.3, -0.25) is 9.52 Å². The zero-order valence-electron chi connectivity index (χ0n) is 16.7. The van der Waals surface area contributed by atoms with E-state index in [-0.39, 0.29) is 17.2 Å². The topological polar surface area (TPSA) is 75.3 Å². The molecule has 3 rings (SSSR count). The van der Waals surface area contributed by atoms with Crippen LogP contribution in [0, 0.1) is 20.8 Å². The number of hydrogen-bond donors (Lipinski definition) is 2. The van der Waals surface area contributed by atoms with Crippen molar-refractivity contribution in [2.24, 2.45) is 0 Å². The summed E-state index contributed by atoms with van der Waals surface area (Å²) >= 11 is 0. The molecule has 2 N–H and O–H groups in total. The summed E-state index contributed by atoms with van der Waals surface area (Å²) in [7, 11) is -3.70. The van der Waals surface area contributed by atoms with E-state index in [1.165, 1.54) is 17.7 Å². The fourth-order valence-corrected chi connectivity index (χ4v) is 3.99. The zero-order chi connectivity index (χ0) is 21.0. The standard InChI is InChI=1S/C23H24N2O3S/c1-16-5-4-6-21(13-16)25-29(27,28)22-11-9-20(10-12-22)24-23(26)15-19-8-7-17(2)18(3)14-19/h4-14,25H,15H2,1-3H3,(H,24,26). The Hall–Kier alpha value is -3.12. The van der Waals surface area contributed by atoms with Crippen molar-refractivity contribution in [2.75, 3.05) is 10.0 Å². The van der Waals surface area contributed by atoms with Gasteiger partial charge in [0, 0.05) is 11.4 Å². The largest absolute Gasteiger partial charge is 0.326 e. The number of nitrogens with one attached hydrogen (secondary N) is 2. The number of benzene rings is 3. The van der Waals surface area contributed by atoms with Crippen LogP contribution in [0.4, 0.5) is 11.4 Å². The lowest BCUT2D eigenvalue weighted by Crippen LogP contribution is -2.15. The predicted octanol–water partition coefficient (Wildman–Crippen LogP) is 4.59. The summed E-state index contributed by atoms with van der Waals surface area (Å²) in [6, 6.07) is 19.2. The molecule has 0 saturated heterocycles. The number of hydrogen-bond acceptors (Lipinski definition) is 3. The van der Waals surface area contributed by atoms with Crippen LogP contribution >= 0.6 is 0 Å². The van der Waals surface area contributed by atoms with E-state index >= 15 is 0 Å². The molecular weight excluding hydrogens is 384 g/mol. The summed E-state index contributed by atoms with van der Waals surface area (Å²) in [6.45, 7) is 5.94. The molecular formula is C23H24N2O3S. The van der Waals surface area contributed by atoms with E-state index in [1.54, 1.807) is 30.3 Å². The Balaban J connectivity index is 1.66. The fraction of sp³-hybridized carbons (Fsp3) is 0.174. The minimum atomic E-state index is -3.70. The molecule has 0 heterocycles. The summed E-state index contributed by atoms with van der Waals surface area (Å²) in [5.74, 6) is -0.151. The van der Waals surface area contributed by atoms with E-state index in [4.69, 9.17) is 0 Å². The fourth-order valence-electron chi connectivity index (χ4n) is 2.94. The van der Waals surface area contributed by atoms with Crippen LogP contribution in [0.3, 0.4) is 0 Å². The van der Waals surface area contributed by atoms with Gasteiger partial charge >= 0.3 is 0 Å². The van der Waals surface area contributed by atoms with Gasteiger partial charge in [0.1, 0.15) is 0 Å². The van der Waals surface area contributed by atoms with Gasteiger partial charge in [-0.15, -0.1) is 0 Å². The number of anilines is 2. The maximum Gasteiger partial charge on any atom is 0.261 e. The number of sulfonamides is 1. The third-order valence-electron chi connectivity index (χ3n) is 4.65. The molecule has 0 aliphatic rings. The first kappa shape index (κ1) is 20.6. The van der Waals surface area contributed by atoms with E-state index in [0.29, 0.717) is 11.4 Å². The van der Waals surface area contributed by atoms with E-state index in [0.717, 1.165) is 16.7 Å². The minimum Gasteiger partial charge on any atom is -0.326 e. The highest BCUT2D eigenvalue weighted by atomic mass is 32.2. The molecule has 0 saturated carbocycles. The quantitative estimate of drug-likeness (QED) is 0.626. The van der Waals surface area contributed by atoms with Gasteiger partial charge in [0.15, 0.2) is 0 Å². The lowest BCUT2D eigenvalue weighted by molar-refractivity contribution is -0.115. The molecule has 0 spiro atoms. The van der Waals surface area contributed by atoms with Crippen molar-refractivity contribution in [1.29, 1.82) is 0 Å². The first-order valence-electron chi connectivity index (χ1n) is 9.28. The molecule has 5 nitrogen and oxygen atoms in total. The lowest BCUT2D eigenvalue weighted by Gasteiger charge is -2.10. The highest BCUT2D eigenvalue weighted by Gasteiger charge is 2.14. The van der Waals surface area contributed by atoms with Crippen molar-refractivity contribution in [3.05, 3.63) is 89.0 Å². The Labute approximate surface area is 171 Å². The minimum absolute atomic E-state index is 0.131.